The fraction of sp³-hybridized carbons (Fsp3) is 0.308. The van der Waals surface area contributed by atoms with Crippen LogP contribution in [-0.2, 0) is 14.6 Å². The standard InChI is InChI=1S/C13H12O4S2/c14-13(17-11-4-6-19(15,16)8-11)10-1-2-12-9(7-10)3-5-18-12/h1-3,5,7,11H,4,6,8H2/t11-/m1/s1. The van der Waals surface area contributed by atoms with Gasteiger partial charge in [0.2, 0.25) is 0 Å². The zero-order valence-corrected chi connectivity index (χ0v) is 11.7. The molecule has 0 amide bonds. The summed E-state index contributed by atoms with van der Waals surface area (Å²) in [5.74, 6) is -0.399. The molecule has 0 bridgehead atoms. The van der Waals surface area contributed by atoms with Gasteiger partial charge < -0.3 is 4.74 Å². The lowest BCUT2D eigenvalue weighted by atomic mass is 10.2. The minimum absolute atomic E-state index is 0.0561. The van der Waals surface area contributed by atoms with E-state index in [1.165, 1.54) is 0 Å². The number of rotatable bonds is 2. The van der Waals surface area contributed by atoms with Crippen molar-refractivity contribution in [1.29, 1.82) is 0 Å². The van der Waals surface area contributed by atoms with E-state index in [4.69, 9.17) is 4.74 Å². The molecule has 0 aliphatic carbocycles. The lowest BCUT2D eigenvalue weighted by molar-refractivity contribution is 0.0356. The first-order valence-corrected chi connectivity index (χ1v) is 8.62. The van der Waals surface area contributed by atoms with Crippen molar-refractivity contribution >= 4 is 37.2 Å². The van der Waals surface area contributed by atoms with Gasteiger partial charge in [-0.2, -0.15) is 0 Å². The van der Waals surface area contributed by atoms with Crippen molar-refractivity contribution in [2.45, 2.75) is 12.5 Å². The first-order valence-electron chi connectivity index (χ1n) is 5.92. The van der Waals surface area contributed by atoms with E-state index >= 15 is 0 Å². The number of hydrogen-bond acceptors (Lipinski definition) is 5. The van der Waals surface area contributed by atoms with Crippen LogP contribution in [0.4, 0.5) is 0 Å². The third kappa shape index (κ3) is 2.64. The zero-order chi connectivity index (χ0) is 13.5. The predicted molar refractivity (Wildman–Crippen MR) is 74.3 cm³/mol. The molecule has 2 heterocycles. The molecule has 1 fully saturated rings. The number of hydrogen-bond donors (Lipinski definition) is 0. The number of fused-ring (bicyclic) bond motifs is 1. The molecule has 0 N–H and O–H groups in total. The SMILES string of the molecule is O=C(O[C@@H]1CCS(=O)(=O)C1)c1ccc2sccc2c1. The number of carbonyl (C=O) groups is 1. The van der Waals surface area contributed by atoms with E-state index in [-0.39, 0.29) is 11.5 Å². The highest BCUT2D eigenvalue weighted by Gasteiger charge is 2.30. The second-order valence-corrected chi connectivity index (χ2v) is 7.78. The van der Waals surface area contributed by atoms with Crippen molar-refractivity contribution in [2.75, 3.05) is 11.5 Å². The van der Waals surface area contributed by atoms with Crippen LogP contribution in [0.5, 0.6) is 0 Å². The van der Waals surface area contributed by atoms with E-state index in [1.54, 1.807) is 23.5 Å². The van der Waals surface area contributed by atoms with Crippen LogP contribution in [0, 0.1) is 0 Å². The normalized spacial score (nSPS) is 21.6. The quantitative estimate of drug-likeness (QED) is 0.797. The highest BCUT2D eigenvalue weighted by molar-refractivity contribution is 7.91. The molecule has 1 saturated heterocycles. The summed E-state index contributed by atoms with van der Waals surface area (Å²) in [5.41, 5.74) is 0.468. The molecule has 2 aromatic rings. The van der Waals surface area contributed by atoms with Crippen LogP contribution in [0.15, 0.2) is 29.6 Å². The highest BCUT2D eigenvalue weighted by Crippen LogP contribution is 2.23. The maximum absolute atomic E-state index is 12.0. The number of thiophene rings is 1. The van der Waals surface area contributed by atoms with Crippen LogP contribution >= 0.6 is 11.3 Å². The van der Waals surface area contributed by atoms with Crippen molar-refractivity contribution < 1.29 is 17.9 Å². The largest absolute Gasteiger partial charge is 0.458 e. The van der Waals surface area contributed by atoms with E-state index in [1.807, 2.05) is 17.5 Å². The maximum atomic E-state index is 12.0. The molecule has 3 rings (SSSR count). The molecule has 0 radical (unpaired) electrons. The minimum Gasteiger partial charge on any atom is -0.458 e. The van der Waals surface area contributed by atoms with Crippen LogP contribution < -0.4 is 0 Å². The predicted octanol–water partition coefficient (Wildman–Crippen LogP) is 2.25. The van der Waals surface area contributed by atoms with Gasteiger partial charge in [0.25, 0.3) is 0 Å². The smallest absolute Gasteiger partial charge is 0.338 e. The first kappa shape index (κ1) is 12.6. The van der Waals surface area contributed by atoms with Crippen molar-refractivity contribution in [2.24, 2.45) is 0 Å². The molecule has 19 heavy (non-hydrogen) atoms. The zero-order valence-electron chi connectivity index (χ0n) is 10.0. The summed E-state index contributed by atoms with van der Waals surface area (Å²) in [6.45, 7) is 0. The second kappa shape index (κ2) is 4.61. The van der Waals surface area contributed by atoms with E-state index in [2.05, 4.69) is 0 Å². The van der Waals surface area contributed by atoms with Crippen molar-refractivity contribution in [3.8, 4) is 0 Å². The number of ether oxygens (including phenoxy) is 1. The van der Waals surface area contributed by atoms with E-state index in [0.29, 0.717) is 12.0 Å². The van der Waals surface area contributed by atoms with Crippen LogP contribution in [0.25, 0.3) is 10.1 Å². The van der Waals surface area contributed by atoms with E-state index < -0.39 is 21.9 Å². The first-order chi connectivity index (χ1) is 9.03. The molecule has 1 atom stereocenters. The van der Waals surface area contributed by atoms with Gasteiger partial charge in [-0.15, -0.1) is 11.3 Å². The number of esters is 1. The molecule has 0 saturated carbocycles. The Balaban J connectivity index is 1.76. The Morgan fingerprint density at radius 2 is 2.16 bits per heavy atom. The lowest BCUT2D eigenvalue weighted by Crippen LogP contribution is -2.19. The Morgan fingerprint density at radius 3 is 2.89 bits per heavy atom. The van der Waals surface area contributed by atoms with Crippen LogP contribution in [0.2, 0.25) is 0 Å². The summed E-state index contributed by atoms with van der Waals surface area (Å²) in [5, 5.41) is 2.96. The molecule has 1 aliphatic rings. The molecule has 100 valence electrons. The van der Waals surface area contributed by atoms with Gasteiger partial charge in [-0.1, -0.05) is 0 Å². The molecule has 0 unspecified atom stereocenters. The van der Waals surface area contributed by atoms with Crippen LogP contribution in [0.3, 0.4) is 0 Å². The van der Waals surface area contributed by atoms with Gasteiger partial charge in [-0.05, 0) is 41.5 Å². The number of sulfone groups is 1. The van der Waals surface area contributed by atoms with Gasteiger partial charge in [-0.25, -0.2) is 13.2 Å². The third-order valence-electron chi connectivity index (χ3n) is 3.15. The van der Waals surface area contributed by atoms with Gasteiger partial charge in [0.15, 0.2) is 9.84 Å². The Labute approximate surface area is 114 Å². The summed E-state index contributed by atoms with van der Waals surface area (Å²) < 4.78 is 29.0. The molecule has 1 aromatic heterocycles. The van der Waals surface area contributed by atoms with E-state index in [9.17, 15) is 13.2 Å². The van der Waals surface area contributed by atoms with Crippen molar-refractivity contribution in [1.82, 2.24) is 0 Å². The summed E-state index contributed by atoms with van der Waals surface area (Å²) in [6.07, 6.45) is -0.106. The van der Waals surface area contributed by atoms with E-state index in [0.717, 1.165) is 10.1 Å². The van der Waals surface area contributed by atoms with Gasteiger partial charge in [0, 0.05) is 4.70 Å². The highest BCUT2D eigenvalue weighted by atomic mass is 32.2. The Hall–Kier alpha value is -1.40. The molecule has 4 nitrogen and oxygen atoms in total. The molecular weight excluding hydrogens is 284 g/mol. The van der Waals surface area contributed by atoms with Gasteiger partial charge >= 0.3 is 5.97 Å². The van der Waals surface area contributed by atoms with Crippen molar-refractivity contribution in [3.05, 3.63) is 35.2 Å². The topological polar surface area (TPSA) is 60.4 Å². The fourth-order valence-corrected chi connectivity index (χ4v) is 4.53. The summed E-state index contributed by atoms with van der Waals surface area (Å²) >= 11 is 1.61. The Kier molecular flexibility index (Phi) is 3.06. The van der Waals surface area contributed by atoms with Crippen molar-refractivity contribution in [3.63, 3.8) is 0 Å². The summed E-state index contributed by atoms with van der Waals surface area (Å²) in [4.78, 5) is 12.0. The van der Waals surface area contributed by atoms with Gasteiger partial charge in [0.1, 0.15) is 6.10 Å². The average Bonchev–Trinajstić information content (AvgIpc) is 2.94. The minimum atomic E-state index is -3.02. The number of benzene rings is 1. The summed E-state index contributed by atoms with van der Waals surface area (Å²) in [7, 11) is -3.02. The van der Waals surface area contributed by atoms with Crippen LogP contribution in [-0.4, -0.2) is 32.0 Å². The number of carbonyl (C=O) groups excluding carboxylic acids is 1. The summed E-state index contributed by atoms with van der Waals surface area (Å²) in [6, 6.07) is 7.31. The Bertz CT molecular complexity index is 730. The molecule has 1 aromatic carbocycles. The second-order valence-electron chi connectivity index (χ2n) is 4.60. The lowest BCUT2D eigenvalue weighted by Gasteiger charge is -2.10. The van der Waals surface area contributed by atoms with Gasteiger partial charge in [0.05, 0.1) is 17.1 Å². The average molecular weight is 296 g/mol. The van der Waals surface area contributed by atoms with Gasteiger partial charge in [-0.3, -0.25) is 0 Å². The molecule has 6 heteroatoms. The maximum Gasteiger partial charge on any atom is 0.338 e. The molecule has 1 aliphatic heterocycles. The monoisotopic (exact) mass is 296 g/mol. The van der Waals surface area contributed by atoms with Crippen LogP contribution in [0.1, 0.15) is 16.8 Å². The fourth-order valence-electron chi connectivity index (χ4n) is 2.17. The molecular formula is C13H12O4S2. The Morgan fingerprint density at radius 1 is 1.32 bits per heavy atom. The third-order valence-corrected chi connectivity index (χ3v) is 5.79. The molecule has 0 spiro atoms.